The number of pyridine rings is 1. The molecule has 3 nitrogen and oxygen atoms in total. The van der Waals surface area contributed by atoms with Crippen LogP contribution in [0, 0.1) is 0 Å². The van der Waals surface area contributed by atoms with Crippen molar-refractivity contribution < 1.29 is 0 Å². The van der Waals surface area contributed by atoms with Gasteiger partial charge in [0.05, 0.1) is 11.2 Å². The van der Waals surface area contributed by atoms with Crippen LogP contribution < -0.4 is 11.1 Å². The van der Waals surface area contributed by atoms with E-state index in [-0.39, 0.29) is 0 Å². The third-order valence-corrected chi connectivity index (χ3v) is 3.66. The Morgan fingerprint density at radius 3 is 2.48 bits per heavy atom. The van der Waals surface area contributed by atoms with Crippen molar-refractivity contribution in [3.63, 3.8) is 0 Å². The number of benzene rings is 2. The van der Waals surface area contributed by atoms with Gasteiger partial charge in [0.15, 0.2) is 0 Å². The third-order valence-electron chi connectivity index (χ3n) is 3.66. The van der Waals surface area contributed by atoms with Crippen molar-refractivity contribution in [2.75, 3.05) is 11.1 Å². The SMILES string of the molecule is CC(C)c1ccc(Nc2ccnc3c(N)cccc23)cc1. The van der Waals surface area contributed by atoms with Gasteiger partial charge < -0.3 is 11.1 Å². The molecule has 0 aliphatic rings. The van der Waals surface area contributed by atoms with Crippen molar-refractivity contribution in [1.29, 1.82) is 0 Å². The highest BCUT2D eigenvalue weighted by Crippen LogP contribution is 2.28. The number of fused-ring (bicyclic) bond motifs is 1. The number of rotatable bonds is 3. The quantitative estimate of drug-likeness (QED) is 0.683. The minimum atomic E-state index is 0.542. The number of anilines is 3. The lowest BCUT2D eigenvalue weighted by Gasteiger charge is -2.12. The first-order valence-electron chi connectivity index (χ1n) is 7.15. The van der Waals surface area contributed by atoms with Crippen LogP contribution in [-0.2, 0) is 0 Å². The van der Waals surface area contributed by atoms with Gasteiger partial charge in [0.2, 0.25) is 0 Å². The highest BCUT2D eigenvalue weighted by atomic mass is 14.9. The summed E-state index contributed by atoms with van der Waals surface area (Å²) in [5.74, 6) is 0.542. The van der Waals surface area contributed by atoms with E-state index in [1.165, 1.54) is 5.56 Å². The van der Waals surface area contributed by atoms with Crippen LogP contribution in [0.3, 0.4) is 0 Å². The van der Waals surface area contributed by atoms with E-state index in [1.54, 1.807) is 6.20 Å². The van der Waals surface area contributed by atoms with E-state index in [0.717, 1.165) is 22.3 Å². The fraction of sp³-hybridized carbons (Fsp3) is 0.167. The van der Waals surface area contributed by atoms with Crippen LogP contribution in [0.4, 0.5) is 17.1 Å². The second-order valence-electron chi connectivity index (χ2n) is 5.50. The van der Waals surface area contributed by atoms with Crippen molar-refractivity contribution in [1.82, 2.24) is 4.98 Å². The molecule has 0 amide bonds. The molecule has 0 fully saturated rings. The number of nitrogens with two attached hydrogens (primary N) is 1. The van der Waals surface area contributed by atoms with Crippen LogP contribution in [0.2, 0.25) is 0 Å². The van der Waals surface area contributed by atoms with Gasteiger partial charge in [-0.05, 0) is 35.7 Å². The lowest BCUT2D eigenvalue weighted by molar-refractivity contribution is 0.867. The molecular weight excluding hydrogens is 258 g/mol. The van der Waals surface area contributed by atoms with E-state index in [9.17, 15) is 0 Å². The second-order valence-corrected chi connectivity index (χ2v) is 5.50. The zero-order chi connectivity index (χ0) is 14.8. The predicted molar refractivity (Wildman–Crippen MR) is 90.0 cm³/mol. The minimum absolute atomic E-state index is 0.542. The summed E-state index contributed by atoms with van der Waals surface area (Å²) in [6, 6.07) is 16.3. The smallest absolute Gasteiger partial charge is 0.0951 e. The van der Waals surface area contributed by atoms with Crippen LogP contribution >= 0.6 is 0 Å². The Kier molecular flexibility index (Phi) is 3.48. The summed E-state index contributed by atoms with van der Waals surface area (Å²) < 4.78 is 0. The van der Waals surface area contributed by atoms with Gasteiger partial charge in [-0.3, -0.25) is 4.98 Å². The van der Waals surface area contributed by atoms with Gasteiger partial charge in [-0.15, -0.1) is 0 Å². The van der Waals surface area contributed by atoms with E-state index in [4.69, 9.17) is 5.73 Å². The Morgan fingerprint density at radius 2 is 1.76 bits per heavy atom. The topological polar surface area (TPSA) is 50.9 Å². The number of nitrogens with zero attached hydrogens (tertiary/aromatic N) is 1. The molecule has 2 aromatic carbocycles. The molecule has 3 heteroatoms. The average Bonchev–Trinajstić information content (AvgIpc) is 2.49. The van der Waals surface area contributed by atoms with Crippen LogP contribution in [0.15, 0.2) is 54.7 Å². The molecule has 21 heavy (non-hydrogen) atoms. The number of para-hydroxylation sites is 1. The molecule has 106 valence electrons. The average molecular weight is 277 g/mol. The van der Waals surface area contributed by atoms with Crippen molar-refractivity contribution >= 4 is 28.0 Å². The molecule has 1 aromatic heterocycles. The molecule has 0 spiro atoms. The number of hydrogen-bond donors (Lipinski definition) is 2. The molecule has 3 aromatic rings. The highest BCUT2D eigenvalue weighted by molar-refractivity contribution is 5.98. The Labute approximate surface area is 124 Å². The third kappa shape index (κ3) is 2.68. The monoisotopic (exact) mass is 277 g/mol. The zero-order valence-corrected chi connectivity index (χ0v) is 12.3. The second kappa shape index (κ2) is 5.44. The number of aromatic nitrogens is 1. The van der Waals surface area contributed by atoms with Crippen molar-refractivity contribution in [3.05, 3.63) is 60.3 Å². The minimum Gasteiger partial charge on any atom is -0.397 e. The maximum atomic E-state index is 5.98. The van der Waals surface area contributed by atoms with Gasteiger partial charge in [-0.1, -0.05) is 38.1 Å². The largest absolute Gasteiger partial charge is 0.397 e. The summed E-state index contributed by atoms with van der Waals surface area (Å²) in [6.45, 7) is 4.39. The maximum absolute atomic E-state index is 5.98. The van der Waals surface area contributed by atoms with Crippen LogP contribution in [0.1, 0.15) is 25.3 Å². The van der Waals surface area contributed by atoms with Gasteiger partial charge in [0.1, 0.15) is 0 Å². The summed E-state index contributed by atoms with van der Waals surface area (Å²) in [4.78, 5) is 4.36. The number of nitrogen functional groups attached to an aromatic ring is 1. The molecule has 3 N–H and O–H groups in total. The Bertz CT molecular complexity index is 761. The summed E-state index contributed by atoms with van der Waals surface area (Å²) in [5.41, 5.74) is 10.9. The van der Waals surface area contributed by atoms with E-state index in [2.05, 4.69) is 48.4 Å². The molecule has 0 aliphatic carbocycles. The first-order chi connectivity index (χ1) is 10.1. The van der Waals surface area contributed by atoms with Gasteiger partial charge in [-0.2, -0.15) is 0 Å². The van der Waals surface area contributed by atoms with Crippen molar-refractivity contribution in [2.45, 2.75) is 19.8 Å². The Hall–Kier alpha value is -2.55. The van der Waals surface area contributed by atoms with E-state index < -0.39 is 0 Å². The molecule has 0 radical (unpaired) electrons. The molecule has 3 rings (SSSR count). The zero-order valence-electron chi connectivity index (χ0n) is 12.3. The fourth-order valence-corrected chi connectivity index (χ4v) is 2.41. The summed E-state index contributed by atoms with van der Waals surface area (Å²) in [7, 11) is 0. The fourth-order valence-electron chi connectivity index (χ4n) is 2.41. The Morgan fingerprint density at radius 1 is 1.00 bits per heavy atom. The van der Waals surface area contributed by atoms with Gasteiger partial charge in [0.25, 0.3) is 0 Å². The van der Waals surface area contributed by atoms with Gasteiger partial charge in [-0.25, -0.2) is 0 Å². The number of hydrogen-bond acceptors (Lipinski definition) is 3. The first-order valence-corrected chi connectivity index (χ1v) is 7.15. The van der Waals surface area contributed by atoms with E-state index >= 15 is 0 Å². The molecule has 0 aliphatic heterocycles. The normalized spacial score (nSPS) is 11.0. The summed E-state index contributed by atoms with van der Waals surface area (Å²) >= 11 is 0. The van der Waals surface area contributed by atoms with Crippen LogP contribution in [-0.4, -0.2) is 4.98 Å². The van der Waals surface area contributed by atoms with E-state index in [0.29, 0.717) is 11.6 Å². The molecule has 0 saturated carbocycles. The van der Waals surface area contributed by atoms with Crippen molar-refractivity contribution in [2.24, 2.45) is 0 Å². The lowest BCUT2D eigenvalue weighted by Crippen LogP contribution is -1.95. The molecule has 0 unspecified atom stereocenters. The van der Waals surface area contributed by atoms with Crippen molar-refractivity contribution in [3.8, 4) is 0 Å². The molecular formula is C18H19N3. The van der Waals surface area contributed by atoms with E-state index in [1.807, 2.05) is 24.3 Å². The van der Waals surface area contributed by atoms with Crippen LogP contribution in [0.5, 0.6) is 0 Å². The molecule has 0 atom stereocenters. The lowest BCUT2D eigenvalue weighted by atomic mass is 10.0. The Balaban J connectivity index is 1.96. The first kappa shape index (κ1) is 13.4. The summed E-state index contributed by atoms with van der Waals surface area (Å²) in [6.07, 6.45) is 1.78. The molecule has 1 heterocycles. The standard InChI is InChI=1S/C18H19N3/c1-12(2)13-6-8-14(9-7-13)21-17-10-11-20-18-15(17)4-3-5-16(18)19/h3-12H,19H2,1-2H3,(H,20,21). The van der Waals surface area contributed by atoms with Gasteiger partial charge >= 0.3 is 0 Å². The van der Waals surface area contributed by atoms with Crippen LogP contribution in [0.25, 0.3) is 10.9 Å². The van der Waals surface area contributed by atoms with Gasteiger partial charge in [0, 0.05) is 23.0 Å². The highest BCUT2D eigenvalue weighted by Gasteiger charge is 2.05. The predicted octanol–water partition coefficient (Wildman–Crippen LogP) is 4.68. The molecule has 0 bridgehead atoms. The maximum Gasteiger partial charge on any atom is 0.0951 e. The summed E-state index contributed by atoms with van der Waals surface area (Å²) in [5, 5.41) is 4.48. The molecule has 0 saturated heterocycles. The number of nitrogens with one attached hydrogen (secondary N) is 1.